The first-order valence-corrected chi connectivity index (χ1v) is 7.67. The molecule has 2 aromatic rings. The van der Waals surface area contributed by atoms with Crippen LogP contribution in [0.1, 0.15) is 16.5 Å². The largest absolute Gasteiger partial charge is 0.374 e. The van der Waals surface area contributed by atoms with Crippen LogP contribution in [0.3, 0.4) is 0 Å². The summed E-state index contributed by atoms with van der Waals surface area (Å²) in [7, 11) is 1.62. The van der Waals surface area contributed by atoms with Gasteiger partial charge in [0, 0.05) is 24.6 Å². The number of hydrogen-bond donors (Lipinski definition) is 1. The van der Waals surface area contributed by atoms with Gasteiger partial charge in [0.25, 0.3) is 0 Å². The summed E-state index contributed by atoms with van der Waals surface area (Å²) in [6, 6.07) is 13.4. The summed E-state index contributed by atoms with van der Waals surface area (Å²) in [5, 5.41) is 2.82. The van der Waals surface area contributed by atoms with Crippen molar-refractivity contribution in [1.82, 2.24) is 5.32 Å². The third-order valence-corrected chi connectivity index (χ3v) is 4.21. The molecule has 1 aromatic carbocycles. The van der Waals surface area contributed by atoms with Gasteiger partial charge in [0.05, 0.1) is 4.34 Å². The molecule has 0 saturated carbocycles. The molecule has 1 aromatic heterocycles. The summed E-state index contributed by atoms with van der Waals surface area (Å²) in [6.07, 6.45) is 3.11. The van der Waals surface area contributed by atoms with Gasteiger partial charge in [-0.1, -0.05) is 41.9 Å². The van der Waals surface area contributed by atoms with E-state index in [1.54, 1.807) is 13.2 Å². The van der Waals surface area contributed by atoms with Gasteiger partial charge in [-0.05, 0) is 23.8 Å². The summed E-state index contributed by atoms with van der Waals surface area (Å²) < 4.78 is 6.09. The first-order valence-electron chi connectivity index (χ1n) is 6.48. The summed E-state index contributed by atoms with van der Waals surface area (Å²) in [5.41, 5.74) is 0.987. The molecule has 0 radical (unpaired) electrons. The molecule has 110 valence electrons. The minimum absolute atomic E-state index is 0.149. The Bertz CT molecular complexity index is 610. The number of rotatable bonds is 6. The fourth-order valence-electron chi connectivity index (χ4n) is 1.79. The van der Waals surface area contributed by atoms with Gasteiger partial charge in [-0.25, -0.2) is 0 Å². The summed E-state index contributed by atoms with van der Waals surface area (Å²) in [5.74, 6) is -0.149. The number of halogens is 1. The van der Waals surface area contributed by atoms with Gasteiger partial charge >= 0.3 is 0 Å². The van der Waals surface area contributed by atoms with Crippen molar-refractivity contribution >= 4 is 34.9 Å². The van der Waals surface area contributed by atoms with Gasteiger partial charge in [0.2, 0.25) is 5.91 Å². The zero-order valence-corrected chi connectivity index (χ0v) is 13.2. The van der Waals surface area contributed by atoms with Gasteiger partial charge in [-0.3, -0.25) is 4.79 Å². The minimum Gasteiger partial charge on any atom is -0.374 e. The third-order valence-electron chi connectivity index (χ3n) is 2.88. The van der Waals surface area contributed by atoms with Crippen molar-refractivity contribution in [2.24, 2.45) is 0 Å². The molecule has 0 spiro atoms. The Balaban J connectivity index is 1.86. The molecule has 1 atom stereocenters. The Morgan fingerprint density at radius 1 is 1.33 bits per heavy atom. The maximum Gasteiger partial charge on any atom is 0.244 e. The molecule has 5 heteroatoms. The zero-order chi connectivity index (χ0) is 15.1. The first kappa shape index (κ1) is 15.8. The minimum atomic E-state index is -0.184. The lowest BCUT2D eigenvalue weighted by Crippen LogP contribution is -2.27. The molecule has 1 heterocycles. The van der Waals surface area contributed by atoms with Crippen LogP contribution in [0.25, 0.3) is 6.08 Å². The average Bonchev–Trinajstić information content (AvgIpc) is 2.93. The predicted octanol–water partition coefficient (Wildman–Crippen LogP) is 3.92. The van der Waals surface area contributed by atoms with Gasteiger partial charge in [-0.15, -0.1) is 11.3 Å². The van der Waals surface area contributed by atoms with Gasteiger partial charge in [-0.2, -0.15) is 0 Å². The van der Waals surface area contributed by atoms with E-state index in [4.69, 9.17) is 16.3 Å². The molecule has 0 aliphatic heterocycles. The van der Waals surface area contributed by atoms with Crippen molar-refractivity contribution in [3.63, 3.8) is 0 Å². The Morgan fingerprint density at radius 3 is 2.71 bits per heavy atom. The lowest BCUT2D eigenvalue weighted by Gasteiger charge is -2.13. The third kappa shape index (κ3) is 5.01. The second-order valence-electron chi connectivity index (χ2n) is 4.36. The van der Waals surface area contributed by atoms with E-state index >= 15 is 0 Å². The van der Waals surface area contributed by atoms with Crippen molar-refractivity contribution in [3.05, 3.63) is 63.3 Å². The first-order chi connectivity index (χ1) is 10.2. The van der Waals surface area contributed by atoms with Crippen molar-refractivity contribution in [2.75, 3.05) is 13.7 Å². The molecule has 0 aliphatic carbocycles. The molecule has 2 rings (SSSR count). The number of amides is 1. The quantitative estimate of drug-likeness (QED) is 0.819. The van der Waals surface area contributed by atoms with E-state index in [9.17, 15) is 4.79 Å². The second-order valence-corrected chi connectivity index (χ2v) is 6.10. The molecule has 0 aliphatic rings. The average molecular weight is 322 g/mol. The lowest BCUT2D eigenvalue weighted by atomic mass is 10.2. The Hall–Kier alpha value is -1.62. The highest BCUT2D eigenvalue weighted by Crippen LogP contribution is 2.28. The van der Waals surface area contributed by atoms with Crippen LogP contribution in [0.4, 0.5) is 0 Å². The molecule has 1 N–H and O–H groups in total. The highest BCUT2D eigenvalue weighted by Gasteiger charge is 2.13. The van der Waals surface area contributed by atoms with Crippen LogP contribution < -0.4 is 5.32 Å². The molecule has 1 unspecified atom stereocenters. The SMILES string of the molecule is COC(CNC(=O)C=Cc1ccccc1)c1ccc(Cl)s1. The molecule has 0 saturated heterocycles. The molecule has 0 bridgehead atoms. The summed E-state index contributed by atoms with van der Waals surface area (Å²) >= 11 is 7.36. The zero-order valence-electron chi connectivity index (χ0n) is 11.6. The maximum atomic E-state index is 11.8. The van der Waals surface area contributed by atoms with E-state index in [0.717, 1.165) is 10.4 Å². The van der Waals surface area contributed by atoms with Gasteiger partial charge < -0.3 is 10.1 Å². The smallest absolute Gasteiger partial charge is 0.244 e. The van der Waals surface area contributed by atoms with E-state index in [1.807, 2.05) is 42.5 Å². The summed E-state index contributed by atoms with van der Waals surface area (Å²) in [4.78, 5) is 12.8. The second kappa shape index (κ2) is 7.98. The monoisotopic (exact) mass is 321 g/mol. The number of benzene rings is 1. The summed E-state index contributed by atoms with van der Waals surface area (Å²) in [6.45, 7) is 0.408. The topological polar surface area (TPSA) is 38.3 Å². The van der Waals surface area contributed by atoms with Crippen LogP contribution in [0.2, 0.25) is 4.34 Å². The number of hydrogen-bond acceptors (Lipinski definition) is 3. The van der Waals surface area contributed by atoms with E-state index < -0.39 is 0 Å². The van der Waals surface area contributed by atoms with Crippen molar-refractivity contribution in [1.29, 1.82) is 0 Å². The van der Waals surface area contributed by atoms with Gasteiger partial charge in [0.1, 0.15) is 6.10 Å². The predicted molar refractivity (Wildman–Crippen MR) is 87.6 cm³/mol. The number of ether oxygens (including phenoxy) is 1. The van der Waals surface area contributed by atoms with Crippen LogP contribution in [-0.2, 0) is 9.53 Å². The number of carbonyl (C=O) groups is 1. The van der Waals surface area contributed by atoms with E-state index in [-0.39, 0.29) is 12.0 Å². The van der Waals surface area contributed by atoms with Crippen molar-refractivity contribution in [3.8, 4) is 0 Å². The van der Waals surface area contributed by atoms with E-state index in [1.165, 1.54) is 17.4 Å². The van der Waals surface area contributed by atoms with E-state index in [2.05, 4.69) is 5.32 Å². The molecule has 3 nitrogen and oxygen atoms in total. The lowest BCUT2D eigenvalue weighted by molar-refractivity contribution is -0.117. The number of carbonyl (C=O) groups excluding carboxylic acids is 1. The highest BCUT2D eigenvalue weighted by molar-refractivity contribution is 7.16. The maximum absolute atomic E-state index is 11.8. The molecule has 1 amide bonds. The van der Waals surface area contributed by atoms with Crippen LogP contribution in [-0.4, -0.2) is 19.6 Å². The highest BCUT2D eigenvalue weighted by atomic mass is 35.5. The van der Waals surface area contributed by atoms with Gasteiger partial charge in [0.15, 0.2) is 0 Å². The Labute approximate surface area is 133 Å². The molecule has 21 heavy (non-hydrogen) atoms. The van der Waals surface area contributed by atoms with Crippen LogP contribution in [0.15, 0.2) is 48.5 Å². The van der Waals surface area contributed by atoms with Crippen molar-refractivity contribution in [2.45, 2.75) is 6.10 Å². The fraction of sp³-hybridized carbons (Fsp3) is 0.188. The van der Waals surface area contributed by atoms with E-state index in [0.29, 0.717) is 10.9 Å². The normalized spacial score (nSPS) is 12.5. The standard InChI is InChI=1S/C16H16ClNO2S/c1-20-13(14-8-9-15(17)21-14)11-18-16(19)10-7-12-5-3-2-4-6-12/h2-10,13H,11H2,1H3,(H,18,19). The molecule has 0 fully saturated rings. The van der Waals surface area contributed by atoms with Crippen LogP contribution >= 0.6 is 22.9 Å². The molecular weight excluding hydrogens is 306 g/mol. The Kier molecular flexibility index (Phi) is 5.99. The Morgan fingerprint density at radius 2 is 2.10 bits per heavy atom. The van der Waals surface area contributed by atoms with Crippen LogP contribution in [0, 0.1) is 0 Å². The number of nitrogens with one attached hydrogen (secondary N) is 1. The molecular formula is C16H16ClNO2S. The number of thiophene rings is 1. The van der Waals surface area contributed by atoms with Crippen LogP contribution in [0.5, 0.6) is 0 Å². The van der Waals surface area contributed by atoms with Crippen molar-refractivity contribution < 1.29 is 9.53 Å². The fourth-order valence-corrected chi connectivity index (χ4v) is 2.93. The number of methoxy groups -OCH3 is 1.